The van der Waals surface area contributed by atoms with E-state index in [-0.39, 0.29) is 18.0 Å². The van der Waals surface area contributed by atoms with Crippen LogP contribution >= 0.6 is 0 Å². The van der Waals surface area contributed by atoms with Crippen LogP contribution in [0.1, 0.15) is 24.4 Å². The predicted molar refractivity (Wildman–Crippen MR) is 68.9 cm³/mol. The van der Waals surface area contributed by atoms with Crippen LogP contribution in [0.5, 0.6) is 0 Å². The zero-order valence-corrected chi connectivity index (χ0v) is 11.2. The molecule has 21 heavy (non-hydrogen) atoms. The number of piperidine rings is 1. The number of nitrogens with one attached hydrogen (secondary N) is 1. The topological polar surface area (TPSA) is 32.3 Å². The summed E-state index contributed by atoms with van der Waals surface area (Å²) in [6.07, 6.45) is -1.12. The van der Waals surface area contributed by atoms with Gasteiger partial charge in [0.2, 0.25) is 6.41 Å². The summed E-state index contributed by atoms with van der Waals surface area (Å²) < 4.78 is 51.6. The quantitative estimate of drug-likeness (QED) is 0.669. The highest BCUT2D eigenvalue weighted by Gasteiger charge is 2.30. The minimum atomic E-state index is -2.47. The molecule has 2 atom stereocenters. The van der Waals surface area contributed by atoms with Gasteiger partial charge in [-0.2, -0.15) is 0 Å². The van der Waals surface area contributed by atoms with Crippen LogP contribution in [-0.2, 0) is 4.79 Å². The highest BCUT2D eigenvalue weighted by Crippen LogP contribution is 2.32. The molecule has 116 valence electrons. The number of nitrogens with zero attached hydrogens (tertiary/aromatic N) is 1. The van der Waals surface area contributed by atoms with Gasteiger partial charge in [-0.15, -0.1) is 0 Å². The maximum atomic E-state index is 13.9. The van der Waals surface area contributed by atoms with Crippen LogP contribution in [0, 0.1) is 11.6 Å². The summed E-state index contributed by atoms with van der Waals surface area (Å²) in [7, 11) is 0. The molecule has 0 aliphatic carbocycles. The zero-order chi connectivity index (χ0) is 15.4. The SMILES string of the molecule is O=CN1CCC(NCC(F)F)CC1c1cc(F)ccc1F. The van der Waals surface area contributed by atoms with Gasteiger partial charge in [-0.25, -0.2) is 17.6 Å². The van der Waals surface area contributed by atoms with Crippen molar-refractivity contribution < 1.29 is 22.4 Å². The van der Waals surface area contributed by atoms with Gasteiger partial charge in [0.1, 0.15) is 11.6 Å². The normalized spacial score (nSPS) is 22.6. The fourth-order valence-corrected chi connectivity index (χ4v) is 2.63. The summed E-state index contributed by atoms with van der Waals surface area (Å²) >= 11 is 0. The minimum Gasteiger partial charge on any atom is -0.338 e. The summed E-state index contributed by atoms with van der Waals surface area (Å²) in [6.45, 7) is -0.144. The second-order valence-corrected chi connectivity index (χ2v) is 5.05. The molecule has 1 fully saturated rings. The monoisotopic (exact) mass is 304 g/mol. The van der Waals surface area contributed by atoms with E-state index in [1.165, 1.54) is 4.90 Å². The number of halogens is 4. The van der Waals surface area contributed by atoms with Crippen LogP contribution in [-0.4, -0.2) is 36.9 Å². The van der Waals surface area contributed by atoms with Crippen LogP contribution < -0.4 is 5.32 Å². The fraction of sp³-hybridized carbons (Fsp3) is 0.500. The van der Waals surface area contributed by atoms with Gasteiger partial charge >= 0.3 is 0 Å². The van der Waals surface area contributed by atoms with Crippen molar-refractivity contribution in [3.63, 3.8) is 0 Å². The van der Waals surface area contributed by atoms with Gasteiger partial charge in [0.15, 0.2) is 0 Å². The van der Waals surface area contributed by atoms with E-state index in [2.05, 4.69) is 5.32 Å². The number of carbonyl (C=O) groups is 1. The predicted octanol–water partition coefficient (Wildman–Crippen LogP) is 2.48. The van der Waals surface area contributed by atoms with Crippen molar-refractivity contribution in [2.75, 3.05) is 13.1 Å². The van der Waals surface area contributed by atoms with Crippen LogP contribution in [0.4, 0.5) is 17.6 Å². The van der Waals surface area contributed by atoms with E-state index in [0.717, 1.165) is 18.2 Å². The molecule has 0 radical (unpaired) electrons. The Morgan fingerprint density at radius 3 is 2.81 bits per heavy atom. The molecule has 1 aliphatic rings. The third-order valence-corrected chi connectivity index (χ3v) is 3.66. The molecule has 0 bridgehead atoms. The lowest BCUT2D eigenvalue weighted by atomic mass is 9.91. The number of hydrogen-bond acceptors (Lipinski definition) is 2. The fourth-order valence-electron chi connectivity index (χ4n) is 2.63. The minimum absolute atomic E-state index is 0.0747. The lowest BCUT2D eigenvalue weighted by molar-refractivity contribution is -0.122. The summed E-state index contributed by atoms with van der Waals surface area (Å²) in [4.78, 5) is 12.5. The summed E-state index contributed by atoms with van der Waals surface area (Å²) in [5, 5.41) is 2.69. The lowest BCUT2D eigenvalue weighted by Gasteiger charge is -2.38. The number of carbonyl (C=O) groups excluding carboxylic acids is 1. The van der Waals surface area contributed by atoms with E-state index in [1.807, 2.05) is 0 Å². The first-order chi connectivity index (χ1) is 10.0. The summed E-state index contributed by atoms with van der Waals surface area (Å²) in [5.41, 5.74) is 0.0747. The standard InChI is InChI=1S/C14H16F4N2O/c15-9-1-2-12(16)11(5-9)13-6-10(19-7-14(17)18)3-4-20(13)8-21/h1-2,5,8,10,13-14,19H,3-4,6-7H2. The molecule has 0 saturated carbocycles. The van der Waals surface area contributed by atoms with Gasteiger partial charge in [0.05, 0.1) is 12.6 Å². The Bertz CT molecular complexity index is 498. The lowest BCUT2D eigenvalue weighted by Crippen LogP contribution is -2.45. The third-order valence-electron chi connectivity index (χ3n) is 3.66. The van der Waals surface area contributed by atoms with Crippen molar-refractivity contribution >= 4 is 6.41 Å². The maximum Gasteiger partial charge on any atom is 0.250 e. The smallest absolute Gasteiger partial charge is 0.250 e. The molecule has 0 aromatic heterocycles. The first kappa shape index (κ1) is 15.8. The molecular formula is C14H16F4N2O. The van der Waals surface area contributed by atoms with Crippen molar-refractivity contribution in [3.8, 4) is 0 Å². The van der Waals surface area contributed by atoms with Crippen molar-refractivity contribution in [1.29, 1.82) is 0 Å². The Morgan fingerprint density at radius 2 is 2.14 bits per heavy atom. The number of hydrogen-bond donors (Lipinski definition) is 1. The second kappa shape index (κ2) is 6.89. The van der Waals surface area contributed by atoms with E-state index in [4.69, 9.17) is 0 Å². The van der Waals surface area contributed by atoms with Gasteiger partial charge in [0.25, 0.3) is 6.43 Å². The average Bonchev–Trinajstić information content (AvgIpc) is 2.47. The molecule has 2 rings (SSSR count). The molecule has 3 nitrogen and oxygen atoms in total. The van der Waals surface area contributed by atoms with E-state index in [1.54, 1.807) is 0 Å². The zero-order valence-electron chi connectivity index (χ0n) is 11.2. The van der Waals surface area contributed by atoms with Gasteiger partial charge < -0.3 is 10.2 Å². The summed E-state index contributed by atoms with van der Waals surface area (Å²) in [5.74, 6) is -1.21. The van der Waals surface area contributed by atoms with E-state index in [0.29, 0.717) is 19.4 Å². The van der Waals surface area contributed by atoms with Crippen LogP contribution in [0.25, 0.3) is 0 Å². The first-order valence-electron chi connectivity index (χ1n) is 6.68. The first-order valence-corrected chi connectivity index (χ1v) is 6.68. The van der Waals surface area contributed by atoms with Crippen LogP contribution in [0.15, 0.2) is 18.2 Å². The van der Waals surface area contributed by atoms with E-state index >= 15 is 0 Å². The van der Waals surface area contributed by atoms with Crippen molar-refractivity contribution in [3.05, 3.63) is 35.4 Å². The van der Waals surface area contributed by atoms with Gasteiger partial charge in [-0.3, -0.25) is 4.79 Å². The Balaban J connectivity index is 2.16. The number of rotatable bonds is 5. The van der Waals surface area contributed by atoms with Crippen LogP contribution in [0.2, 0.25) is 0 Å². The molecule has 2 unspecified atom stereocenters. The Labute approximate surface area is 119 Å². The van der Waals surface area contributed by atoms with Gasteiger partial charge in [0, 0.05) is 18.2 Å². The van der Waals surface area contributed by atoms with E-state index in [9.17, 15) is 22.4 Å². The van der Waals surface area contributed by atoms with Gasteiger partial charge in [-0.05, 0) is 31.0 Å². The maximum absolute atomic E-state index is 13.9. The number of alkyl halides is 2. The Kier molecular flexibility index (Phi) is 5.17. The summed E-state index contributed by atoms with van der Waals surface area (Å²) in [6, 6.07) is 2.14. The average molecular weight is 304 g/mol. The highest BCUT2D eigenvalue weighted by molar-refractivity contribution is 5.49. The number of likely N-dealkylation sites (tertiary alicyclic amines) is 1. The van der Waals surface area contributed by atoms with E-state index < -0.39 is 30.6 Å². The van der Waals surface area contributed by atoms with Gasteiger partial charge in [-0.1, -0.05) is 0 Å². The molecule has 1 saturated heterocycles. The molecule has 1 aromatic carbocycles. The molecule has 1 N–H and O–H groups in total. The number of benzene rings is 1. The van der Waals surface area contributed by atoms with Crippen LogP contribution in [0.3, 0.4) is 0 Å². The molecule has 7 heteroatoms. The molecule has 1 heterocycles. The molecule has 0 spiro atoms. The number of amides is 1. The third kappa shape index (κ3) is 3.93. The molecule has 1 aromatic rings. The van der Waals surface area contributed by atoms with Crippen molar-refractivity contribution in [1.82, 2.24) is 10.2 Å². The molecule has 1 aliphatic heterocycles. The Hall–Kier alpha value is -1.63. The van der Waals surface area contributed by atoms with Crippen molar-refractivity contribution in [2.45, 2.75) is 31.4 Å². The highest BCUT2D eigenvalue weighted by atomic mass is 19.3. The largest absolute Gasteiger partial charge is 0.338 e. The molecular weight excluding hydrogens is 288 g/mol. The van der Waals surface area contributed by atoms with Crippen molar-refractivity contribution in [2.24, 2.45) is 0 Å². The molecule has 1 amide bonds. The Morgan fingerprint density at radius 1 is 1.38 bits per heavy atom. The second-order valence-electron chi connectivity index (χ2n) is 5.05.